The minimum absolute atomic E-state index is 0.487. The zero-order chi connectivity index (χ0) is 6.85. The highest BCUT2D eigenvalue weighted by molar-refractivity contribution is 4.70. The van der Waals surface area contributed by atoms with Gasteiger partial charge in [-0.25, -0.2) is 0 Å². The largest absolute Gasteiger partial charge is 0.378 e. The summed E-state index contributed by atoms with van der Waals surface area (Å²) in [5, 5.41) is 0. The van der Waals surface area contributed by atoms with Crippen LogP contribution < -0.4 is 0 Å². The van der Waals surface area contributed by atoms with Crippen molar-refractivity contribution in [1.82, 2.24) is 0 Å². The van der Waals surface area contributed by atoms with Crippen molar-refractivity contribution in [1.29, 1.82) is 0 Å². The minimum atomic E-state index is 0.487. The number of hydrogen-bond donors (Lipinski definition) is 0. The molecule has 54 valence electrons. The molecule has 1 aliphatic heterocycles. The van der Waals surface area contributed by atoms with Crippen molar-refractivity contribution in [2.45, 2.75) is 33.3 Å². The van der Waals surface area contributed by atoms with E-state index in [9.17, 15) is 0 Å². The molecule has 1 heteroatoms. The number of rotatable bonds is 0. The van der Waals surface area contributed by atoms with Crippen LogP contribution >= 0.6 is 0 Å². The van der Waals surface area contributed by atoms with Crippen LogP contribution in [0.25, 0.3) is 0 Å². The van der Waals surface area contributed by atoms with Gasteiger partial charge < -0.3 is 4.74 Å². The third-order valence-electron chi connectivity index (χ3n) is 2.22. The fraction of sp³-hybridized carbons (Fsp3) is 1.00. The lowest BCUT2D eigenvalue weighted by molar-refractivity contribution is -0.0351. The molecule has 0 amide bonds. The molecule has 0 bridgehead atoms. The third kappa shape index (κ3) is 1.68. The topological polar surface area (TPSA) is 9.23 Å². The zero-order valence-corrected chi connectivity index (χ0v) is 6.55. The fourth-order valence-electron chi connectivity index (χ4n) is 1.37. The van der Waals surface area contributed by atoms with Gasteiger partial charge in [0.2, 0.25) is 0 Å². The predicted octanol–water partition coefficient (Wildman–Crippen LogP) is 2.07. The highest BCUT2D eigenvalue weighted by Gasteiger charge is 2.21. The summed E-state index contributed by atoms with van der Waals surface area (Å²) in [7, 11) is 0. The van der Waals surface area contributed by atoms with Crippen LogP contribution in [0.3, 0.4) is 0 Å². The van der Waals surface area contributed by atoms with E-state index in [2.05, 4.69) is 20.8 Å². The molecule has 1 aliphatic rings. The monoisotopic (exact) mass is 128 g/mol. The number of ether oxygens (including phenoxy) is 1. The second kappa shape index (κ2) is 2.70. The molecule has 1 rings (SSSR count). The van der Waals surface area contributed by atoms with Gasteiger partial charge in [0.05, 0.1) is 6.10 Å². The lowest BCUT2D eigenvalue weighted by Gasteiger charge is -2.30. The van der Waals surface area contributed by atoms with E-state index in [-0.39, 0.29) is 0 Å². The Bertz CT molecular complexity index is 90.6. The van der Waals surface area contributed by atoms with Gasteiger partial charge in [0, 0.05) is 6.61 Å². The van der Waals surface area contributed by atoms with Crippen molar-refractivity contribution in [2.24, 2.45) is 11.8 Å². The molecule has 0 aromatic carbocycles. The Hall–Kier alpha value is -0.0400. The Kier molecular flexibility index (Phi) is 2.12. The maximum atomic E-state index is 5.50. The van der Waals surface area contributed by atoms with Gasteiger partial charge in [-0.15, -0.1) is 0 Å². The van der Waals surface area contributed by atoms with E-state index in [1.165, 1.54) is 6.42 Å². The van der Waals surface area contributed by atoms with Crippen LogP contribution in [0.5, 0.6) is 0 Å². The molecule has 3 atom stereocenters. The Morgan fingerprint density at radius 1 is 1.22 bits per heavy atom. The van der Waals surface area contributed by atoms with Crippen molar-refractivity contribution in [3.63, 3.8) is 0 Å². The van der Waals surface area contributed by atoms with Crippen LogP contribution in [0.1, 0.15) is 27.2 Å². The normalized spacial score (nSPS) is 45.0. The van der Waals surface area contributed by atoms with E-state index in [0.717, 1.165) is 18.4 Å². The highest BCUT2D eigenvalue weighted by Crippen LogP contribution is 2.23. The quantitative estimate of drug-likeness (QED) is 0.485. The van der Waals surface area contributed by atoms with Gasteiger partial charge in [-0.05, 0) is 25.2 Å². The molecule has 1 fully saturated rings. The first-order chi connectivity index (χ1) is 4.20. The molecule has 0 aromatic rings. The molecular formula is C8H16O. The first-order valence-corrected chi connectivity index (χ1v) is 3.81. The maximum absolute atomic E-state index is 5.50. The van der Waals surface area contributed by atoms with Crippen molar-refractivity contribution in [2.75, 3.05) is 6.61 Å². The predicted molar refractivity (Wildman–Crippen MR) is 38.4 cm³/mol. The molecular weight excluding hydrogens is 112 g/mol. The first-order valence-electron chi connectivity index (χ1n) is 3.81. The lowest BCUT2D eigenvalue weighted by atomic mass is 9.91. The van der Waals surface area contributed by atoms with Gasteiger partial charge in [-0.1, -0.05) is 13.8 Å². The Morgan fingerprint density at radius 3 is 2.33 bits per heavy atom. The molecule has 0 aliphatic carbocycles. The average molecular weight is 128 g/mol. The summed E-state index contributed by atoms with van der Waals surface area (Å²) in [5.41, 5.74) is 0. The van der Waals surface area contributed by atoms with Gasteiger partial charge in [0.25, 0.3) is 0 Å². The molecule has 9 heavy (non-hydrogen) atoms. The second-order valence-corrected chi connectivity index (χ2v) is 3.36. The summed E-state index contributed by atoms with van der Waals surface area (Å²) in [6.45, 7) is 7.64. The molecule has 0 saturated carbocycles. The molecule has 0 radical (unpaired) electrons. The highest BCUT2D eigenvalue weighted by atomic mass is 16.5. The van der Waals surface area contributed by atoms with Crippen LogP contribution in [-0.2, 0) is 4.74 Å². The second-order valence-electron chi connectivity index (χ2n) is 3.36. The van der Waals surface area contributed by atoms with Gasteiger partial charge in [-0.2, -0.15) is 0 Å². The molecule has 1 saturated heterocycles. The fourth-order valence-corrected chi connectivity index (χ4v) is 1.37. The minimum Gasteiger partial charge on any atom is -0.378 e. The maximum Gasteiger partial charge on any atom is 0.0572 e. The Labute approximate surface area is 57.4 Å². The molecule has 0 spiro atoms. The summed E-state index contributed by atoms with van der Waals surface area (Å²) >= 11 is 0. The average Bonchev–Trinajstić information content (AvgIpc) is 1.80. The molecule has 0 N–H and O–H groups in total. The van der Waals surface area contributed by atoms with Gasteiger partial charge in [0.15, 0.2) is 0 Å². The van der Waals surface area contributed by atoms with Gasteiger partial charge in [0.1, 0.15) is 0 Å². The summed E-state index contributed by atoms with van der Waals surface area (Å²) in [4.78, 5) is 0. The number of hydrogen-bond acceptors (Lipinski definition) is 1. The Morgan fingerprint density at radius 2 is 1.89 bits per heavy atom. The SMILES string of the molecule is CC1CO[C@H](C)C(C)C1. The molecule has 1 heterocycles. The van der Waals surface area contributed by atoms with Crippen LogP contribution in [0.15, 0.2) is 0 Å². The zero-order valence-electron chi connectivity index (χ0n) is 6.55. The van der Waals surface area contributed by atoms with Crippen molar-refractivity contribution < 1.29 is 4.74 Å². The smallest absolute Gasteiger partial charge is 0.0572 e. The third-order valence-corrected chi connectivity index (χ3v) is 2.22. The van der Waals surface area contributed by atoms with Gasteiger partial charge in [-0.3, -0.25) is 0 Å². The van der Waals surface area contributed by atoms with Crippen molar-refractivity contribution in [3.8, 4) is 0 Å². The van der Waals surface area contributed by atoms with E-state index >= 15 is 0 Å². The molecule has 1 nitrogen and oxygen atoms in total. The summed E-state index contributed by atoms with van der Waals surface area (Å²) in [5.74, 6) is 1.53. The summed E-state index contributed by atoms with van der Waals surface area (Å²) in [6.07, 6.45) is 1.82. The molecule has 0 aromatic heterocycles. The van der Waals surface area contributed by atoms with Crippen molar-refractivity contribution >= 4 is 0 Å². The van der Waals surface area contributed by atoms with Crippen LogP contribution in [0.4, 0.5) is 0 Å². The summed E-state index contributed by atoms with van der Waals surface area (Å²) < 4.78 is 5.50. The van der Waals surface area contributed by atoms with E-state index in [1.807, 2.05) is 0 Å². The Balaban J connectivity index is 2.35. The lowest BCUT2D eigenvalue weighted by Crippen LogP contribution is -2.29. The van der Waals surface area contributed by atoms with Crippen molar-refractivity contribution in [3.05, 3.63) is 0 Å². The van der Waals surface area contributed by atoms with Gasteiger partial charge >= 0.3 is 0 Å². The van der Waals surface area contributed by atoms with E-state index in [1.54, 1.807) is 0 Å². The van der Waals surface area contributed by atoms with Crippen LogP contribution in [0.2, 0.25) is 0 Å². The molecule has 2 unspecified atom stereocenters. The first kappa shape index (κ1) is 7.07. The van der Waals surface area contributed by atoms with E-state index in [4.69, 9.17) is 4.74 Å². The standard InChI is InChI=1S/C8H16O/c1-6-4-7(2)8(3)9-5-6/h6-8H,4-5H2,1-3H3/t6?,7?,8-/m1/s1. The van der Waals surface area contributed by atoms with E-state index < -0.39 is 0 Å². The summed E-state index contributed by atoms with van der Waals surface area (Å²) in [6, 6.07) is 0. The van der Waals surface area contributed by atoms with E-state index in [0.29, 0.717) is 6.10 Å². The van der Waals surface area contributed by atoms with Crippen LogP contribution in [-0.4, -0.2) is 12.7 Å². The van der Waals surface area contributed by atoms with Crippen LogP contribution in [0, 0.1) is 11.8 Å².